The van der Waals surface area contributed by atoms with Crippen LogP contribution in [0.3, 0.4) is 0 Å². The molecule has 25 heavy (non-hydrogen) atoms. The second-order valence-corrected chi connectivity index (χ2v) is 5.60. The summed E-state index contributed by atoms with van der Waals surface area (Å²) in [5, 5.41) is 11.9. The van der Waals surface area contributed by atoms with Gasteiger partial charge in [0.1, 0.15) is 11.5 Å². The van der Waals surface area contributed by atoms with Crippen molar-refractivity contribution in [3.05, 3.63) is 89.0 Å². The van der Waals surface area contributed by atoms with E-state index >= 15 is 0 Å². The molecule has 3 N–H and O–H groups in total. The number of ketones is 2. The number of hydrogen-bond donors (Lipinski definition) is 2. The van der Waals surface area contributed by atoms with E-state index in [1.165, 1.54) is 0 Å². The van der Waals surface area contributed by atoms with Gasteiger partial charge < -0.3 is 15.2 Å². The van der Waals surface area contributed by atoms with E-state index in [-0.39, 0.29) is 61.2 Å². The summed E-state index contributed by atoms with van der Waals surface area (Å²) >= 11 is 0. The van der Waals surface area contributed by atoms with E-state index in [4.69, 9.17) is 0 Å². The van der Waals surface area contributed by atoms with Crippen molar-refractivity contribution in [3.63, 3.8) is 0 Å². The Kier molecular flexibility index (Phi) is 4.95. The van der Waals surface area contributed by atoms with Gasteiger partial charge in [-0.2, -0.15) is 0 Å². The molecule has 4 nitrogen and oxygen atoms in total. The first-order chi connectivity index (χ1) is 11.7. The van der Waals surface area contributed by atoms with Gasteiger partial charge in [-0.15, -0.1) is 12.1 Å². The molecule has 0 atom stereocenters. The van der Waals surface area contributed by atoms with E-state index in [0.717, 1.165) is 5.69 Å². The number of carbonyl (C=O) groups excluding carboxylic acids is 2. The molecule has 1 radical (unpaired) electrons. The van der Waals surface area contributed by atoms with Gasteiger partial charge in [0.05, 0.1) is 0 Å². The zero-order valence-electron chi connectivity index (χ0n) is 13.2. The summed E-state index contributed by atoms with van der Waals surface area (Å²) in [7, 11) is 0. The van der Waals surface area contributed by atoms with Crippen molar-refractivity contribution >= 4 is 22.9 Å². The summed E-state index contributed by atoms with van der Waals surface area (Å²) in [4.78, 5) is 25.7. The van der Waals surface area contributed by atoms with Gasteiger partial charge in [-0.3, -0.25) is 4.79 Å². The van der Waals surface area contributed by atoms with Crippen molar-refractivity contribution in [1.29, 1.82) is 0 Å². The molecule has 0 heterocycles. The molecule has 0 fully saturated rings. The fraction of sp³-hybridized carbons (Fsp3) is 0. The third-order valence-electron chi connectivity index (χ3n) is 4.13. The summed E-state index contributed by atoms with van der Waals surface area (Å²) in [6.07, 6.45) is 0. The van der Waals surface area contributed by atoms with Crippen LogP contribution in [-0.2, 0) is 32.7 Å². The predicted octanol–water partition coefficient (Wildman–Crippen LogP) is 2.49. The zero-order chi connectivity index (χ0) is 16.7. The van der Waals surface area contributed by atoms with Gasteiger partial charge in [0.15, 0.2) is 5.78 Å². The van der Waals surface area contributed by atoms with Crippen molar-refractivity contribution in [2.24, 2.45) is 0 Å². The maximum atomic E-state index is 12.9. The van der Waals surface area contributed by atoms with Crippen LogP contribution in [0.25, 0.3) is 0 Å². The normalized spacial score (nSPS) is 12.2. The Morgan fingerprint density at radius 3 is 2.00 bits per heavy atom. The van der Waals surface area contributed by atoms with Gasteiger partial charge in [0.25, 0.3) is 0 Å². The molecular formula is C20H13NO3Y. The quantitative estimate of drug-likeness (QED) is 0.307. The minimum absolute atomic E-state index is 0. The maximum absolute atomic E-state index is 12.9. The first-order valence-corrected chi connectivity index (χ1v) is 7.52. The van der Waals surface area contributed by atoms with Gasteiger partial charge in [0.2, 0.25) is 0 Å². The number of para-hydroxylation sites is 1. The minimum Gasteiger partial charge on any atom is -0.533 e. The van der Waals surface area contributed by atoms with Crippen LogP contribution in [-0.4, -0.2) is 16.7 Å². The van der Waals surface area contributed by atoms with Gasteiger partial charge >= 0.3 is 0 Å². The molecule has 3 aromatic rings. The first-order valence-electron chi connectivity index (χ1n) is 7.52. The van der Waals surface area contributed by atoms with Gasteiger partial charge in [-0.1, -0.05) is 42.5 Å². The molecule has 1 aliphatic carbocycles. The van der Waals surface area contributed by atoms with Crippen LogP contribution in [0, 0.1) is 6.07 Å². The number of nitrogens with two attached hydrogens (primary N) is 1. The number of quaternary nitrogens is 1. The Balaban J connectivity index is 0.00000182. The number of benzene rings is 3. The number of fused-ring (bicyclic) bond motifs is 2. The fourth-order valence-electron chi connectivity index (χ4n) is 3.01. The molecule has 0 saturated carbocycles. The molecule has 0 aromatic heterocycles. The number of aromatic hydroxyl groups is 1. The Morgan fingerprint density at radius 2 is 1.36 bits per heavy atom. The fourth-order valence-corrected chi connectivity index (χ4v) is 3.01. The van der Waals surface area contributed by atoms with E-state index < -0.39 is 0 Å². The predicted molar refractivity (Wildman–Crippen MR) is 87.9 cm³/mol. The molecule has 119 valence electrons. The van der Waals surface area contributed by atoms with Crippen LogP contribution >= 0.6 is 0 Å². The van der Waals surface area contributed by atoms with E-state index in [1.807, 2.05) is 35.6 Å². The molecule has 0 spiro atoms. The second kappa shape index (κ2) is 7.00. The Hall–Kier alpha value is -2.14. The monoisotopic (exact) mass is 404 g/mol. The Morgan fingerprint density at radius 1 is 0.800 bits per heavy atom. The topological polar surface area (TPSA) is 71.0 Å². The third-order valence-corrected chi connectivity index (χ3v) is 4.13. The van der Waals surface area contributed by atoms with E-state index in [2.05, 4.69) is 6.07 Å². The minimum atomic E-state index is -0.350. The number of carbonyl (C=O) groups is 2. The summed E-state index contributed by atoms with van der Waals surface area (Å²) in [6, 6.07) is 20.4. The van der Waals surface area contributed by atoms with Crippen LogP contribution < -0.4 is 5.32 Å². The average Bonchev–Trinajstić information content (AvgIpc) is 2.62. The molecule has 1 aliphatic rings. The molecular weight excluding hydrogens is 391 g/mol. The smallest absolute Gasteiger partial charge is 0.176 e. The van der Waals surface area contributed by atoms with Gasteiger partial charge in [-0.05, 0) is 23.3 Å². The molecule has 0 amide bonds. The van der Waals surface area contributed by atoms with E-state index in [1.54, 1.807) is 30.3 Å². The molecule has 0 aliphatic heterocycles. The van der Waals surface area contributed by atoms with E-state index in [0.29, 0.717) is 16.8 Å². The van der Waals surface area contributed by atoms with Gasteiger partial charge in [0, 0.05) is 55.3 Å². The molecule has 5 heteroatoms. The van der Waals surface area contributed by atoms with Crippen LogP contribution in [0.4, 0.5) is 11.4 Å². The van der Waals surface area contributed by atoms with Crippen LogP contribution in [0.1, 0.15) is 31.8 Å². The van der Waals surface area contributed by atoms with Crippen LogP contribution in [0.2, 0.25) is 0 Å². The number of phenolic OH excluding ortho intramolecular Hbond substituents is 1. The standard InChI is InChI=1S/C20H12NO3.Y/c22-16-11-10-15(21-12-6-2-1-3-7-12)17-18(16)20(24)14-9-5-4-8-13(14)19(17)23;/h1-10,21-22H;/q-1;/p+1. The number of hydrogen-bond acceptors (Lipinski definition) is 3. The molecule has 4 rings (SSSR count). The number of rotatable bonds is 2. The van der Waals surface area contributed by atoms with Crippen LogP contribution in [0.15, 0.2) is 60.7 Å². The second-order valence-electron chi connectivity index (χ2n) is 5.60. The van der Waals surface area contributed by atoms with Crippen molar-refractivity contribution in [2.75, 3.05) is 0 Å². The molecule has 0 bridgehead atoms. The number of phenols is 1. The maximum Gasteiger partial charge on any atom is 0.176 e. The average molecular weight is 404 g/mol. The zero-order valence-corrected chi connectivity index (χ0v) is 16.0. The summed E-state index contributed by atoms with van der Waals surface area (Å²) in [5.74, 6) is -0.896. The van der Waals surface area contributed by atoms with E-state index in [9.17, 15) is 14.7 Å². The van der Waals surface area contributed by atoms with Crippen LogP contribution in [0.5, 0.6) is 5.75 Å². The Labute approximate surface area is 169 Å². The van der Waals surface area contributed by atoms with Crippen molar-refractivity contribution < 1.29 is 52.7 Å². The van der Waals surface area contributed by atoms with Crippen molar-refractivity contribution in [3.8, 4) is 5.75 Å². The van der Waals surface area contributed by atoms with Crippen molar-refractivity contribution in [1.82, 2.24) is 0 Å². The summed E-state index contributed by atoms with van der Waals surface area (Å²) < 4.78 is 0. The molecule has 3 aromatic carbocycles. The SMILES string of the molecule is O=C1c2ccccc2C(=O)c2c([NH2+]c3ccccc3)c[c-]c(O)c21.[Y]. The molecule has 0 unspecified atom stereocenters. The first kappa shape index (κ1) is 17.7. The Bertz CT molecular complexity index is 983. The summed E-state index contributed by atoms with van der Waals surface area (Å²) in [5.41, 5.74) is 2.42. The molecule has 0 saturated heterocycles. The third kappa shape index (κ3) is 2.97. The van der Waals surface area contributed by atoms with Gasteiger partial charge in [-0.25, -0.2) is 0 Å². The largest absolute Gasteiger partial charge is 0.533 e. The summed E-state index contributed by atoms with van der Waals surface area (Å²) in [6.45, 7) is 0. The van der Waals surface area contributed by atoms with Crippen molar-refractivity contribution in [2.45, 2.75) is 0 Å².